The van der Waals surface area contributed by atoms with E-state index in [-0.39, 0.29) is 28.9 Å². The maximum atomic E-state index is 13.6. The average Bonchev–Trinajstić information content (AvgIpc) is 2.75. The number of rotatable bonds is 3. The number of benzene rings is 1. The summed E-state index contributed by atoms with van der Waals surface area (Å²) in [6, 6.07) is 3.26. The number of fused-ring (bicyclic) bond motifs is 2. The highest BCUT2D eigenvalue weighted by atomic mass is 19.1. The van der Waals surface area contributed by atoms with Gasteiger partial charge in [-0.2, -0.15) is 0 Å². The summed E-state index contributed by atoms with van der Waals surface area (Å²) < 4.78 is 32.2. The standard InChI is InChI=1S/C18H22F2O2/c1-17(2)12-6-7-18(17,3)15(9-12)22-16(21)8-11-4-5-13(19)10-14(11)20/h4-5,10,12,15H,6-9H2,1-3H3/t12-,15-,18-/m1/s1. The van der Waals surface area contributed by atoms with Gasteiger partial charge >= 0.3 is 5.97 Å². The van der Waals surface area contributed by atoms with Crippen molar-refractivity contribution in [3.05, 3.63) is 35.4 Å². The van der Waals surface area contributed by atoms with Crippen LogP contribution < -0.4 is 0 Å². The van der Waals surface area contributed by atoms with E-state index >= 15 is 0 Å². The molecule has 2 saturated carbocycles. The Morgan fingerprint density at radius 3 is 2.59 bits per heavy atom. The Kier molecular flexibility index (Phi) is 3.54. The van der Waals surface area contributed by atoms with Crippen LogP contribution in [0.25, 0.3) is 0 Å². The molecule has 4 heteroatoms. The summed E-state index contributed by atoms with van der Waals surface area (Å²) >= 11 is 0. The number of hydrogen-bond donors (Lipinski definition) is 0. The first kappa shape index (κ1) is 15.4. The van der Waals surface area contributed by atoms with Gasteiger partial charge in [0.05, 0.1) is 6.42 Å². The van der Waals surface area contributed by atoms with Crippen molar-refractivity contribution in [2.45, 2.75) is 52.6 Å². The summed E-state index contributed by atoms with van der Waals surface area (Å²) in [6.07, 6.45) is 2.89. The monoisotopic (exact) mass is 308 g/mol. The van der Waals surface area contributed by atoms with Gasteiger partial charge in [-0.25, -0.2) is 8.78 Å². The van der Waals surface area contributed by atoms with Crippen LogP contribution in [0.5, 0.6) is 0 Å². The first-order valence-corrected chi connectivity index (χ1v) is 7.87. The topological polar surface area (TPSA) is 26.3 Å². The third kappa shape index (κ3) is 2.24. The van der Waals surface area contributed by atoms with Gasteiger partial charge in [-0.05, 0) is 42.2 Å². The fourth-order valence-corrected chi connectivity index (χ4v) is 4.33. The minimum absolute atomic E-state index is 0.00529. The summed E-state index contributed by atoms with van der Waals surface area (Å²) in [4.78, 5) is 12.2. The van der Waals surface area contributed by atoms with Crippen molar-refractivity contribution in [3.8, 4) is 0 Å². The molecule has 0 saturated heterocycles. The number of halogens is 2. The van der Waals surface area contributed by atoms with Gasteiger partial charge in [-0.1, -0.05) is 26.8 Å². The zero-order chi connectivity index (χ0) is 16.1. The summed E-state index contributed by atoms with van der Waals surface area (Å²) in [5, 5.41) is 0. The molecule has 0 aromatic heterocycles. The molecule has 2 fully saturated rings. The predicted molar refractivity (Wildman–Crippen MR) is 79.2 cm³/mol. The second-order valence-electron chi connectivity index (χ2n) is 7.50. The predicted octanol–water partition coefficient (Wildman–Crippen LogP) is 4.27. The molecule has 2 aliphatic carbocycles. The molecular weight excluding hydrogens is 286 g/mol. The van der Waals surface area contributed by atoms with E-state index in [2.05, 4.69) is 20.8 Å². The van der Waals surface area contributed by atoms with Crippen LogP contribution in [0.1, 0.15) is 45.6 Å². The van der Waals surface area contributed by atoms with E-state index in [1.54, 1.807) is 0 Å². The van der Waals surface area contributed by atoms with E-state index < -0.39 is 17.6 Å². The third-order valence-electron chi connectivity index (χ3n) is 6.34. The molecule has 0 radical (unpaired) electrons. The Morgan fingerprint density at radius 2 is 2.05 bits per heavy atom. The fourth-order valence-electron chi connectivity index (χ4n) is 4.33. The van der Waals surface area contributed by atoms with Crippen LogP contribution in [0.3, 0.4) is 0 Å². The maximum absolute atomic E-state index is 13.6. The normalized spacial score (nSPS) is 32.2. The van der Waals surface area contributed by atoms with Crippen molar-refractivity contribution in [1.29, 1.82) is 0 Å². The van der Waals surface area contributed by atoms with Crippen LogP contribution >= 0.6 is 0 Å². The summed E-state index contributed by atoms with van der Waals surface area (Å²) in [7, 11) is 0. The Morgan fingerprint density at radius 1 is 1.32 bits per heavy atom. The molecular formula is C18H22F2O2. The molecule has 0 aliphatic heterocycles. The Balaban J connectivity index is 1.68. The Bertz CT molecular complexity index is 611. The highest BCUT2D eigenvalue weighted by molar-refractivity contribution is 5.73. The van der Waals surface area contributed by atoms with Crippen LogP contribution in [0.2, 0.25) is 0 Å². The van der Waals surface area contributed by atoms with E-state index in [4.69, 9.17) is 4.74 Å². The average molecular weight is 308 g/mol. The number of esters is 1. The van der Waals surface area contributed by atoms with E-state index in [1.807, 2.05) is 0 Å². The van der Waals surface area contributed by atoms with E-state index in [0.29, 0.717) is 5.92 Å². The van der Waals surface area contributed by atoms with Crippen molar-refractivity contribution >= 4 is 5.97 Å². The zero-order valence-corrected chi connectivity index (χ0v) is 13.3. The number of ether oxygens (including phenoxy) is 1. The fraction of sp³-hybridized carbons (Fsp3) is 0.611. The lowest BCUT2D eigenvalue weighted by Gasteiger charge is -2.38. The second-order valence-corrected chi connectivity index (χ2v) is 7.50. The molecule has 0 N–H and O–H groups in total. The largest absolute Gasteiger partial charge is 0.462 e. The van der Waals surface area contributed by atoms with E-state index in [0.717, 1.165) is 25.0 Å². The molecule has 0 spiro atoms. The lowest BCUT2D eigenvalue weighted by atomic mass is 9.70. The minimum atomic E-state index is -0.698. The van der Waals surface area contributed by atoms with Crippen molar-refractivity contribution in [3.63, 3.8) is 0 Å². The molecule has 0 heterocycles. The highest BCUT2D eigenvalue weighted by Crippen LogP contribution is 2.66. The Labute approximate surface area is 129 Å². The zero-order valence-electron chi connectivity index (χ0n) is 13.3. The van der Waals surface area contributed by atoms with Gasteiger partial charge < -0.3 is 4.74 Å². The lowest BCUT2D eigenvalue weighted by Crippen LogP contribution is -2.38. The lowest BCUT2D eigenvalue weighted by molar-refractivity contribution is -0.156. The molecule has 2 nitrogen and oxygen atoms in total. The van der Waals surface area contributed by atoms with E-state index in [1.165, 1.54) is 12.5 Å². The quantitative estimate of drug-likeness (QED) is 0.780. The summed E-state index contributed by atoms with van der Waals surface area (Å²) in [6.45, 7) is 6.69. The molecule has 0 unspecified atom stereocenters. The SMILES string of the molecule is CC1(C)[C@@H]2CC[C@]1(C)[C@H](OC(=O)Cc1ccc(F)cc1F)C2. The summed E-state index contributed by atoms with van der Waals surface area (Å²) in [5.41, 5.74) is 0.340. The van der Waals surface area contributed by atoms with Crippen molar-refractivity contribution in [2.24, 2.45) is 16.7 Å². The Hall–Kier alpha value is -1.45. The smallest absolute Gasteiger partial charge is 0.310 e. The summed E-state index contributed by atoms with van der Waals surface area (Å²) in [5.74, 6) is -1.19. The molecule has 1 aromatic rings. The van der Waals surface area contributed by atoms with E-state index in [9.17, 15) is 13.6 Å². The van der Waals surface area contributed by atoms with Gasteiger partial charge in [0.2, 0.25) is 0 Å². The number of carbonyl (C=O) groups is 1. The number of hydrogen-bond acceptors (Lipinski definition) is 2. The minimum Gasteiger partial charge on any atom is -0.462 e. The van der Waals surface area contributed by atoms with Crippen LogP contribution in [0.4, 0.5) is 8.78 Å². The van der Waals surface area contributed by atoms with Gasteiger partial charge in [0, 0.05) is 11.5 Å². The molecule has 0 amide bonds. The van der Waals surface area contributed by atoms with Crippen LogP contribution in [0, 0.1) is 28.4 Å². The molecule has 2 bridgehead atoms. The van der Waals surface area contributed by atoms with Gasteiger partial charge in [-0.3, -0.25) is 4.79 Å². The van der Waals surface area contributed by atoms with Gasteiger partial charge in [0.15, 0.2) is 0 Å². The molecule has 3 atom stereocenters. The third-order valence-corrected chi connectivity index (χ3v) is 6.34. The molecule has 3 rings (SSSR count). The van der Waals surface area contributed by atoms with Crippen molar-refractivity contribution < 1.29 is 18.3 Å². The maximum Gasteiger partial charge on any atom is 0.310 e. The molecule has 2 aliphatic rings. The highest BCUT2D eigenvalue weighted by Gasteiger charge is 2.62. The van der Waals surface area contributed by atoms with Gasteiger partial charge in [-0.15, -0.1) is 0 Å². The van der Waals surface area contributed by atoms with Gasteiger partial charge in [0.25, 0.3) is 0 Å². The second kappa shape index (κ2) is 5.04. The first-order chi connectivity index (χ1) is 10.2. The van der Waals surface area contributed by atoms with Crippen LogP contribution in [0.15, 0.2) is 18.2 Å². The van der Waals surface area contributed by atoms with Crippen molar-refractivity contribution in [2.75, 3.05) is 0 Å². The van der Waals surface area contributed by atoms with Crippen LogP contribution in [-0.2, 0) is 16.0 Å². The number of carbonyl (C=O) groups excluding carboxylic acids is 1. The van der Waals surface area contributed by atoms with Crippen LogP contribution in [-0.4, -0.2) is 12.1 Å². The molecule has 22 heavy (non-hydrogen) atoms. The first-order valence-electron chi connectivity index (χ1n) is 7.87. The molecule has 1 aromatic carbocycles. The van der Waals surface area contributed by atoms with Crippen molar-refractivity contribution in [1.82, 2.24) is 0 Å². The molecule has 120 valence electrons. The van der Waals surface area contributed by atoms with Gasteiger partial charge in [0.1, 0.15) is 17.7 Å².